The van der Waals surface area contributed by atoms with Crippen LogP contribution in [0.4, 0.5) is 0 Å². The van der Waals surface area contributed by atoms with E-state index in [0.29, 0.717) is 0 Å². The van der Waals surface area contributed by atoms with Crippen molar-refractivity contribution in [1.82, 2.24) is 0 Å². The predicted molar refractivity (Wildman–Crippen MR) is 184 cm³/mol. The van der Waals surface area contributed by atoms with Gasteiger partial charge in [0.1, 0.15) is 0 Å². The third-order valence-corrected chi connectivity index (χ3v) is 9.38. The number of benzene rings is 2. The molecule has 42 heavy (non-hydrogen) atoms. The molecule has 0 spiro atoms. The normalized spacial score (nSPS) is 13.4. The summed E-state index contributed by atoms with van der Waals surface area (Å²) in [6, 6.07) is 9.53. The van der Waals surface area contributed by atoms with Crippen LogP contribution in [0, 0.1) is 0 Å². The van der Waals surface area contributed by atoms with Crippen molar-refractivity contribution in [3.05, 3.63) is 86.0 Å². The summed E-state index contributed by atoms with van der Waals surface area (Å²) in [5, 5.41) is 0. The lowest BCUT2D eigenvalue weighted by atomic mass is 9.89. The van der Waals surface area contributed by atoms with E-state index in [1.165, 1.54) is 102 Å². The number of unbranched alkanes of at least 4 members (excludes halogenated alkanes) is 7. The van der Waals surface area contributed by atoms with Crippen LogP contribution >= 0.6 is 0 Å². The molecule has 0 unspecified atom stereocenters. The van der Waals surface area contributed by atoms with Crippen LogP contribution in [0.2, 0.25) is 0 Å². The number of allylic oxidation sites excluding steroid dienone is 2. The SMILES string of the molecule is CCCCCCc1c(CC)cc(C2=CC(CCCC)=C(c3cc(CC)c(CCCCCC)c(CC)c3)[N+]2=[N-])cc1CC. The van der Waals surface area contributed by atoms with E-state index in [1.54, 1.807) is 11.1 Å². The first kappa shape index (κ1) is 34.0. The second-order valence-corrected chi connectivity index (χ2v) is 12.4. The number of hydrogen-bond donors (Lipinski definition) is 0. The first-order valence-electron chi connectivity index (χ1n) is 17.7. The van der Waals surface area contributed by atoms with Gasteiger partial charge in [-0.3, -0.25) is 0 Å². The minimum atomic E-state index is 0.942. The van der Waals surface area contributed by atoms with Gasteiger partial charge >= 0.3 is 0 Å². The number of hydrogen-bond acceptors (Lipinski definition) is 0. The summed E-state index contributed by atoms with van der Waals surface area (Å²) in [5.41, 5.74) is 26.4. The summed E-state index contributed by atoms with van der Waals surface area (Å²) >= 11 is 0. The molecule has 0 saturated heterocycles. The molecule has 0 fully saturated rings. The molecule has 0 aromatic heterocycles. The van der Waals surface area contributed by atoms with Gasteiger partial charge in [-0.15, -0.1) is 0 Å². The van der Waals surface area contributed by atoms with E-state index in [9.17, 15) is 5.53 Å². The van der Waals surface area contributed by atoms with Crippen molar-refractivity contribution < 1.29 is 4.70 Å². The van der Waals surface area contributed by atoms with Crippen molar-refractivity contribution in [3.8, 4) is 0 Å². The van der Waals surface area contributed by atoms with E-state index >= 15 is 0 Å². The summed E-state index contributed by atoms with van der Waals surface area (Å²) in [5.74, 6) is 0. The van der Waals surface area contributed by atoms with E-state index < -0.39 is 0 Å². The van der Waals surface area contributed by atoms with E-state index in [1.807, 2.05) is 0 Å². The highest BCUT2D eigenvalue weighted by molar-refractivity contribution is 5.79. The quantitative estimate of drug-likeness (QED) is 0.119. The van der Waals surface area contributed by atoms with Gasteiger partial charge in [-0.1, -0.05) is 93.4 Å². The standard InChI is InChI=1S/C40H60N2/c1-8-15-18-20-23-37-30(11-4)25-35(26-31(37)12-5)39-29-34(22-17-10-3)40(42(39)41)36-27-32(13-6)38(33(14-7)28-36)24-21-19-16-9-2/h25-29H,8-24H2,1-7H3. The fourth-order valence-electron chi connectivity index (χ4n) is 6.86. The molecule has 0 radical (unpaired) electrons. The second-order valence-electron chi connectivity index (χ2n) is 12.4. The molecule has 2 nitrogen and oxygen atoms in total. The lowest BCUT2D eigenvalue weighted by Gasteiger charge is -2.18. The van der Waals surface area contributed by atoms with E-state index in [-0.39, 0.29) is 0 Å². The van der Waals surface area contributed by atoms with Gasteiger partial charge in [-0.25, -0.2) is 4.70 Å². The average molecular weight is 569 g/mol. The smallest absolute Gasteiger partial charge is 0.210 e. The summed E-state index contributed by atoms with van der Waals surface area (Å²) in [4.78, 5) is 0. The molecule has 2 aromatic carbocycles. The molecule has 0 saturated carbocycles. The van der Waals surface area contributed by atoms with Crippen molar-refractivity contribution in [2.45, 2.75) is 158 Å². The first-order valence-corrected chi connectivity index (χ1v) is 17.7. The van der Waals surface area contributed by atoms with Crippen molar-refractivity contribution >= 4 is 11.4 Å². The van der Waals surface area contributed by atoms with Crippen LogP contribution in [0.1, 0.15) is 164 Å². The Morgan fingerprint density at radius 3 is 1.33 bits per heavy atom. The van der Waals surface area contributed by atoms with Crippen molar-refractivity contribution in [1.29, 1.82) is 0 Å². The fraction of sp³-hybridized carbons (Fsp3) is 0.600. The number of rotatable bonds is 19. The first-order chi connectivity index (χ1) is 20.5. The lowest BCUT2D eigenvalue weighted by molar-refractivity contribution is -0.344. The van der Waals surface area contributed by atoms with Crippen LogP contribution in [-0.2, 0) is 38.5 Å². The van der Waals surface area contributed by atoms with Crippen molar-refractivity contribution in [2.75, 3.05) is 0 Å². The van der Waals surface area contributed by atoms with E-state index in [0.717, 1.165) is 61.9 Å². The Morgan fingerprint density at radius 2 is 0.929 bits per heavy atom. The average Bonchev–Trinajstić information content (AvgIpc) is 3.35. The summed E-state index contributed by atoms with van der Waals surface area (Å²) in [7, 11) is 0. The topological polar surface area (TPSA) is 25.3 Å². The largest absolute Gasteiger partial charge is 0.493 e. The molecule has 0 atom stereocenters. The summed E-state index contributed by atoms with van der Waals surface area (Å²) in [6.07, 6.45) is 22.4. The maximum absolute atomic E-state index is 11.9. The van der Waals surface area contributed by atoms with Gasteiger partial charge in [0.2, 0.25) is 11.4 Å². The zero-order valence-corrected chi connectivity index (χ0v) is 28.3. The molecule has 2 heteroatoms. The van der Waals surface area contributed by atoms with Gasteiger partial charge in [-0.05, 0) is 122 Å². The predicted octanol–water partition coefficient (Wildman–Crippen LogP) is 12.2. The van der Waals surface area contributed by atoms with Crippen LogP contribution in [0.15, 0.2) is 35.9 Å². The van der Waals surface area contributed by atoms with Gasteiger partial charge in [0.25, 0.3) is 0 Å². The molecule has 1 aliphatic rings. The Kier molecular flexibility index (Phi) is 14.2. The molecular formula is C40H60N2. The van der Waals surface area contributed by atoms with Crippen LogP contribution in [0.5, 0.6) is 0 Å². The van der Waals surface area contributed by atoms with E-state index in [2.05, 4.69) is 78.8 Å². The molecular weight excluding hydrogens is 508 g/mol. The Hall–Kier alpha value is -2.48. The monoisotopic (exact) mass is 568 g/mol. The Bertz CT molecular complexity index is 1190. The van der Waals surface area contributed by atoms with Crippen LogP contribution < -0.4 is 0 Å². The van der Waals surface area contributed by atoms with Crippen molar-refractivity contribution in [2.24, 2.45) is 0 Å². The van der Waals surface area contributed by atoms with Crippen LogP contribution in [0.3, 0.4) is 0 Å². The molecule has 0 amide bonds. The minimum Gasteiger partial charge on any atom is -0.493 e. The maximum atomic E-state index is 11.9. The molecule has 1 heterocycles. The third-order valence-electron chi connectivity index (χ3n) is 9.38. The highest BCUT2D eigenvalue weighted by Crippen LogP contribution is 2.40. The highest BCUT2D eigenvalue weighted by atomic mass is 15.2. The highest BCUT2D eigenvalue weighted by Gasteiger charge is 2.30. The lowest BCUT2D eigenvalue weighted by Crippen LogP contribution is -2.08. The van der Waals surface area contributed by atoms with Crippen LogP contribution in [0.25, 0.3) is 16.9 Å². The van der Waals surface area contributed by atoms with Gasteiger partial charge in [0.15, 0.2) is 0 Å². The van der Waals surface area contributed by atoms with E-state index in [4.69, 9.17) is 0 Å². The van der Waals surface area contributed by atoms with Crippen LogP contribution in [-0.4, -0.2) is 4.70 Å². The summed E-state index contributed by atoms with van der Waals surface area (Å²) < 4.78 is 1.54. The third kappa shape index (κ3) is 8.33. The molecule has 1 aliphatic heterocycles. The van der Waals surface area contributed by atoms with Gasteiger partial charge in [-0.2, -0.15) is 0 Å². The van der Waals surface area contributed by atoms with Gasteiger partial charge in [0.05, 0.1) is 0 Å². The van der Waals surface area contributed by atoms with Gasteiger partial charge < -0.3 is 5.53 Å². The Labute approximate surface area is 259 Å². The molecule has 0 N–H and O–H groups in total. The Balaban J connectivity index is 2.02. The summed E-state index contributed by atoms with van der Waals surface area (Å²) in [6.45, 7) is 16.0. The van der Waals surface area contributed by atoms with Gasteiger partial charge in [0, 0.05) is 22.8 Å². The molecule has 0 bridgehead atoms. The second kappa shape index (κ2) is 17.6. The zero-order chi connectivity index (χ0) is 30.5. The molecule has 0 aliphatic carbocycles. The molecule has 230 valence electrons. The molecule has 3 rings (SSSR count). The molecule has 2 aromatic rings. The maximum Gasteiger partial charge on any atom is 0.210 e. The zero-order valence-electron chi connectivity index (χ0n) is 28.3. The number of nitrogens with zero attached hydrogens (tertiary/aromatic N) is 2. The number of aryl methyl sites for hydroxylation is 4. The minimum absolute atomic E-state index is 0.942. The fourth-order valence-corrected chi connectivity index (χ4v) is 6.86. The van der Waals surface area contributed by atoms with Crippen molar-refractivity contribution in [3.63, 3.8) is 0 Å². The Morgan fingerprint density at radius 1 is 0.500 bits per heavy atom.